The van der Waals surface area contributed by atoms with Crippen molar-refractivity contribution in [3.05, 3.63) is 89.1 Å². The van der Waals surface area contributed by atoms with E-state index in [0.29, 0.717) is 23.3 Å². The Kier molecular flexibility index (Phi) is 8.65. The number of carbonyl (C=O) groups is 1. The fourth-order valence-corrected chi connectivity index (χ4v) is 5.70. The van der Waals surface area contributed by atoms with Crippen molar-refractivity contribution >= 4 is 5.78 Å². The minimum atomic E-state index is -2.11. The zero-order valence-corrected chi connectivity index (χ0v) is 23.5. The van der Waals surface area contributed by atoms with Crippen molar-refractivity contribution in [3.8, 4) is 5.75 Å². The maximum absolute atomic E-state index is 14.6. The molecule has 2 fully saturated rings. The van der Waals surface area contributed by atoms with E-state index in [2.05, 4.69) is 17.0 Å². The Labute approximate surface area is 240 Å². The van der Waals surface area contributed by atoms with Crippen LogP contribution >= 0.6 is 0 Å². The fraction of sp³-hybridized carbons (Fsp3) is 0.469. The number of benzene rings is 2. The summed E-state index contributed by atoms with van der Waals surface area (Å²) in [5, 5.41) is 41.6. The molecule has 3 aliphatic rings. The smallest absolute Gasteiger partial charge is 0.201 e. The molecule has 1 aliphatic carbocycles. The van der Waals surface area contributed by atoms with Gasteiger partial charge in [0, 0.05) is 24.4 Å². The number of hydrogen-bond acceptors (Lipinski definition) is 9. The molecule has 41 heavy (non-hydrogen) atoms. The van der Waals surface area contributed by atoms with Gasteiger partial charge >= 0.3 is 0 Å². The lowest BCUT2D eigenvalue weighted by Gasteiger charge is -2.45. The molecule has 4 N–H and O–H groups in total. The van der Waals surface area contributed by atoms with Gasteiger partial charge in [-0.25, -0.2) is 0 Å². The number of ketones is 1. The summed E-state index contributed by atoms with van der Waals surface area (Å²) in [7, 11) is 1.56. The molecule has 2 heterocycles. The van der Waals surface area contributed by atoms with Gasteiger partial charge in [-0.05, 0) is 68.0 Å². The zero-order valence-electron chi connectivity index (χ0n) is 23.5. The zero-order chi connectivity index (χ0) is 29.2. The molecule has 2 aromatic carbocycles. The predicted molar refractivity (Wildman–Crippen MR) is 151 cm³/mol. The summed E-state index contributed by atoms with van der Waals surface area (Å²) in [6.07, 6.45) is 0.767. The number of rotatable bonds is 10. The largest absolute Gasteiger partial charge is 0.497 e. The van der Waals surface area contributed by atoms with Gasteiger partial charge in [0.1, 0.15) is 30.2 Å². The maximum Gasteiger partial charge on any atom is 0.201 e. The Morgan fingerprint density at radius 3 is 2.34 bits per heavy atom. The molecule has 2 aromatic rings. The highest BCUT2D eigenvalue weighted by atomic mass is 16.7. The molecule has 5 rings (SSSR count). The molecule has 2 aliphatic heterocycles. The molecule has 1 unspecified atom stereocenters. The normalized spacial score (nSPS) is 31.8. The first-order chi connectivity index (χ1) is 19.7. The molecule has 9 nitrogen and oxygen atoms in total. The third kappa shape index (κ3) is 5.83. The second-order valence-corrected chi connectivity index (χ2v) is 11.1. The van der Waals surface area contributed by atoms with E-state index in [4.69, 9.17) is 14.2 Å². The van der Waals surface area contributed by atoms with E-state index in [1.54, 1.807) is 37.5 Å². The second kappa shape index (κ2) is 12.1. The Bertz CT molecular complexity index is 1270. The number of carbonyl (C=O) groups excluding carboxylic acids is 1. The summed E-state index contributed by atoms with van der Waals surface area (Å²) in [5.74, 6) is -1.70. The number of allylic oxidation sites excluding steroid dienone is 1. The number of nitrogens with zero attached hydrogens (tertiary/aromatic N) is 1. The van der Waals surface area contributed by atoms with Crippen LogP contribution < -0.4 is 4.74 Å². The number of hydrogen-bond donors (Lipinski definition) is 4. The van der Waals surface area contributed by atoms with Gasteiger partial charge in [0.25, 0.3) is 0 Å². The van der Waals surface area contributed by atoms with E-state index in [9.17, 15) is 25.2 Å². The van der Waals surface area contributed by atoms with E-state index >= 15 is 0 Å². The number of likely N-dealkylation sites (tertiary alicyclic amines) is 1. The van der Waals surface area contributed by atoms with Gasteiger partial charge in [-0.3, -0.25) is 4.79 Å². The number of aliphatic hydroxyl groups is 4. The average molecular weight is 566 g/mol. The number of aliphatic hydroxyl groups excluding tert-OH is 3. The first-order valence-corrected chi connectivity index (χ1v) is 14.2. The average Bonchev–Trinajstić information content (AvgIpc) is 2.95. The van der Waals surface area contributed by atoms with Crippen LogP contribution in [0.4, 0.5) is 0 Å². The SMILES string of the molecule is COc1ccc(C2(OC[C@H]3O[C@](C)(O)[C@H](O)[C@@H](O)[C@@H]3O)C=CC(N3CCC3)=C(CCCc3ccccc3)C2=O)cc1. The molecule has 6 atom stereocenters. The van der Waals surface area contributed by atoms with Crippen molar-refractivity contribution in [1.82, 2.24) is 4.90 Å². The van der Waals surface area contributed by atoms with Gasteiger partial charge < -0.3 is 39.5 Å². The minimum absolute atomic E-state index is 0.210. The molecule has 0 spiro atoms. The summed E-state index contributed by atoms with van der Waals surface area (Å²) >= 11 is 0. The Hall–Kier alpha value is -3.05. The van der Waals surface area contributed by atoms with Crippen LogP contribution in [0.15, 0.2) is 78.0 Å². The van der Waals surface area contributed by atoms with Crippen molar-refractivity contribution in [2.75, 3.05) is 26.8 Å². The van der Waals surface area contributed by atoms with Crippen molar-refractivity contribution in [1.29, 1.82) is 0 Å². The standard InChI is InChI=1S/C32H39NO8/c1-31(38)30(37)28(35)27(34)26(41-31)20-40-32(22-12-14-23(39-2)15-13-22)17-16-25(33-18-7-19-33)24(29(32)36)11-6-10-21-8-4-3-5-9-21/h3-5,8-9,12-17,26-28,30,34-35,37-38H,6-7,10-11,18-20H2,1-2H3/t26-,27-,28+,30-,31+,32?/m1/s1. The van der Waals surface area contributed by atoms with Gasteiger partial charge in [0.05, 0.1) is 13.7 Å². The molecule has 0 radical (unpaired) electrons. The molecule has 220 valence electrons. The molecule has 0 amide bonds. The fourth-order valence-electron chi connectivity index (χ4n) is 5.70. The van der Waals surface area contributed by atoms with Crippen LogP contribution in [0.25, 0.3) is 0 Å². The highest BCUT2D eigenvalue weighted by Gasteiger charge is 2.52. The van der Waals surface area contributed by atoms with Gasteiger partial charge in [-0.2, -0.15) is 0 Å². The van der Waals surface area contributed by atoms with E-state index in [1.165, 1.54) is 12.5 Å². The lowest BCUT2D eigenvalue weighted by atomic mass is 9.78. The molecule has 0 aromatic heterocycles. The van der Waals surface area contributed by atoms with Crippen LogP contribution in [0.2, 0.25) is 0 Å². The van der Waals surface area contributed by atoms with Crippen molar-refractivity contribution in [2.24, 2.45) is 0 Å². The summed E-state index contributed by atoms with van der Waals surface area (Å²) in [6, 6.07) is 17.2. The molecule has 2 saturated heterocycles. The summed E-state index contributed by atoms with van der Waals surface area (Å²) in [4.78, 5) is 16.8. The molecular formula is C32H39NO8. The van der Waals surface area contributed by atoms with Gasteiger partial charge in [-0.1, -0.05) is 42.5 Å². The van der Waals surface area contributed by atoms with Crippen LogP contribution in [-0.4, -0.2) is 88.1 Å². The van der Waals surface area contributed by atoms with Crippen molar-refractivity contribution in [2.45, 2.75) is 68.4 Å². The Morgan fingerprint density at radius 1 is 1.00 bits per heavy atom. The third-order valence-electron chi connectivity index (χ3n) is 8.32. The summed E-state index contributed by atoms with van der Waals surface area (Å²) in [6.45, 7) is 2.63. The van der Waals surface area contributed by atoms with Crippen molar-refractivity contribution < 1.29 is 39.4 Å². The van der Waals surface area contributed by atoms with Crippen LogP contribution in [-0.2, 0) is 26.3 Å². The van der Waals surface area contributed by atoms with Crippen LogP contribution in [0.1, 0.15) is 37.3 Å². The summed E-state index contributed by atoms with van der Waals surface area (Å²) < 4.78 is 17.2. The van der Waals surface area contributed by atoms with E-state index in [1.807, 2.05) is 24.3 Å². The Morgan fingerprint density at radius 2 is 1.71 bits per heavy atom. The monoisotopic (exact) mass is 565 g/mol. The lowest BCUT2D eigenvalue weighted by molar-refractivity contribution is -0.344. The quantitative estimate of drug-likeness (QED) is 0.343. The first-order valence-electron chi connectivity index (χ1n) is 14.2. The molecule has 9 heteroatoms. The van der Waals surface area contributed by atoms with E-state index in [-0.39, 0.29) is 12.4 Å². The Balaban J connectivity index is 1.46. The third-order valence-corrected chi connectivity index (χ3v) is 8.32. The minimum Gasteiger partial charge on any atom is -0.497 e. The van der Waals surface area contributed by atoms with Gasteiger partial charge in [-0.15, -0.1) is 0 Å². The van der Waals surface area contributed by atoms with Gasteiger partial charge in [0.2, 0.25) is 5.78 Å². The summed E-state index contributed by atoms with van der Waals surface area (Å²) in [5.41, 5.74) is 1.80. The molecule has 0 bridgehead atoms. The topological polar surface area (TPSA) is 129 Å². The number of ether oxygens (including phenoxy) is 3. The van der Waals surface area contributed by atoms with E-state index in [0.717, 1.165) is 38.0 Å². The predicted octanol–water partition coefficient (Wildman–Crippen LogP) is 2.22. The second-order valence-electron chi connectivity index (χ2n) is 11.1. The van der Waals surface area contributed by atoms with Crippen molar-refractivity contribution in [3.63, 3.8) is 0 Å². The highest BCUT2D eigenvalue weighted by molar-refractivity contribution is 6.06. The highest BCUT2D eigenvalue weighted by Crippen LogP contribution is 2.41. The molecular weight excluding hydrogens is 526 g/mol. The van der Waals surface area contributed by atoms with E-state index < -0.39 is 35.8 Å². The van der Waals surface area contributed by atoms with Crippen LogP contribution in [0, 0.1) is 0 Å². The number of methoxy groups -OCH3 is 1. The lowest BCUT2D eigenvalue weighted by Crippen LogP contribution is -2.64. The maximum atomic E-state index is 14.6. The number of aryl methyl sites for hydroxylation is 1. The molecule has 0 saturated carbocycles. The van der Waals surface area contributed by atoms with Gasteiger partial charge in [0.15, 0.2) is 11.4 Å². The number of Topliss-reactive ketones (excluding diaryl/α,β-unsaturated/α-hetero) is 1. The van der Waals surface area contributed by atoms with Crippen LogP contribution in [0.5, 0.6) is 5.75 Å². The first kappa shape index (κ1) is 29.4. The van der Waals surface area contributed by atoms with Crippen LogP contribution in [0.3, 0.4) is 0 Å².